The molecule has 2 aromatic carbocycles. The van der Waals surface area contributed by atoms with Crippen molar-refractivity contribution in [3.8, 4) is 0 Å². The minimum atomic E-state index is -0.579. The molecule has 0 radical (unpaired) electrons. The molecule has 1 heterocycles. The van der Waals surface area contributed by atoms with Crippen LogP contribution in [0, 0.1) is 10.1 Å². The fraction of sp³-hybridized carbons (Fsp3) is 0.333. The summed E-state index contributed by atoms with van der Waals surface area (Å²) in [6.07, 6.45) is 2.14. The van der Waals surface area contributed by atoms with Crippen LogP contribution in [0.2, 0.25) is 5.02 Å². The molecule has 30 heavy (non-hydrogen) atoms. The first kappa shape index (κ1) is 21.6. The lowest BCUT2D eigenvalue weighted by molar-refractivity contribution is -0.384. The second-order valence-electron chi connectivity index (χ2n) is 7.43. The number of amides is 2. The standard InChI is InChI=1S/C21H23ClN4O4/c1-13(2)23-21(28)17-11-14(5-8-19(17)25-9-3-4-10-25)24-20(27)16-7-6-15(26(29)30)12-18(16)22/h5-8,11-13H,3-4,9-10H2,1-2H3,(H,23,28)(H,24,27). The van der Waals surface area contributed by atoms with E-state index in [2.05, 4.69) is 15.5 Å². The van der Waals surface area contributed by atoms with E-state index in [0.29, 0.717) is 11.3 Å². The quantitative estimate of drug-likeness (QED) is 0.526. The Balaban J connectivity index is 1.88. The van der Waals surface area contributed by atoms with E-state index >= 15 is 0 Å². The molecule has 0 unspecified atom stereocenters. The van der Waals surface area contributed by atoms with Crippen molar-refractivity contribution in [3.05, 3.63) is 62.7 Å². The summed E-state index contributed by atoms with van der Waals surface area (Å²) >= 11 is 6.05. The number of nitro benzene ring substituents is 1. The number of nitrogens with one attached hydrogen (secondary N) is 2. The molecule has 1 aliphatic heterocycles. The van der Waals surface area contributed by atoms with Gasteiger partial charge in [0.2, 0.25) is 0 Å². The first-order valence-electron chi connectivity index (χ1n) is 9.71. The number of anilines is 2. The van der Waals surface area contributed by atoms with Crippen LogP contribution in [0.15, 0.2) is 36.4 Å². The van der Waals surface area contributed by atoms with Crippen LogP contribution in [-0.2, 0) is 0 Å². The van der Waals surface area contributed by atoms with Gasteiger partial charge in [0.05, 0.1) is 21.1 Å². The summed E-state index contributed by atoms with van der Waals surface area (Å²) in [5, 5.41) is 16.4. The molecular formula is C21H23ClN4O4. The van der Waals surface area contributed by atoms with Crippen LogP contribution >= 0.6 is 11.6 Å². The number of halogens is 1. The predicted octanol–water partition coefficient (Wildman–Crippen LogP) is 4.24. The Hall–Kier alpha value is -3.13. The third-order valence-corrected chi connectivity index (χ3v) is 5.09. The number of nitro groups is 1. The van der Waals surface area contributed by atoms with Crippen LogP contribution in [0.5, 0.6) is 0 Å². The number of hydrogen-bond acceptors (Lipinski definition) is 5. The summed E-state index contributed by atoms with van der Waals surface area (Å²) in [5.74, 6) is -0.726. The summed E-state index contributed by atoms with van der Waals surface area (Å²) in [6.45, 7) is 5.53. The topological polar surface area (TPSA) is 105 Å². The van der Waals surface area contributed by atoms with Crippen molar-refractivity contribution in [1.29, 1.82) is 0 Å². The lowest BCUT2D eigenvalue weighted by Gasteiger charge is -2.22. The van der Waals surface area contributed by atoms with Gasteiger partial charge in [-0.3, -0.25) is 19.7 Å². The van der Waals surface area contributed by atoms with Crippen molar-refractivity contribution in [2.45, 2.75) is 32.7 Å². The highest BCUT2D eigenvalue weighted by Gasteiger charge is 2.21. The van der Waals surface area contributed by atoms with Gasteiger partial charge in [-0.1, -0.05) is 11.6 Å². The van der Waals surface area contributed by atoms with E-state index in [1.165, 1.54) is 12.1 Å². The number of non-ortho nitro benzene ring substituents is 1. The van der Waals surface area contributed by atoms with Gasteiger partial charge >= 0.3 is 0 Å². The average molecular weight is 431 g/mol. The first-order valence-corrected chi connectivity index (χ1v) is 10.1. The van der Waals surface area contributed by atoms with E-state index in [4.69, 9.17) is 11.6 Å². The number of benzene rings is 2. The monoisotopic (exact) mass is 430 g/mol. The zero-order chi connectivity index (χ0) is 21.8. The average Bonchev–Trinajstić information content (AvgIpc) is 3.21. The summed E-state index contributed by atoms with van der Waals surface area (Å²) in [7, 11) is 0. The van der Waals surface area contributed by atoms with Crippen molar-refractivity contribution < 1.29 is 14.5 Å². The zero-order valence-electron chi connectivity index (χ0n) is 16.8. The van der Waals surface area contributed by atoms with Crippen molar-refractivity contribution in [3.63, 3.8) is 0 Å². The van der Waals surface area contributed by atoms with Crippen LogP contribution < -0.4 is 15.5 Å². The molecule has 1 saturated heterocycles. The molecule has 0 saturated carbocycles. The summed E-state index contributed by atoms with van der Waals surface area (Å²) in [6, 6.07) is 8.84. The van der Waals surface area contributed by atoms with E-state index in [9.17, 15) is 19.7 Å². The first-order chi connectivity index (χ1) is 14.3. The van der Waals surface area contributed by atoms with E-state index < -0.39 is 10.8 Å². The molecule has 9 heteroatoms. The van der Waals surface area contributed by atoms with Crippen molar-refractivity contribution in [2.24, 2.45) is 0 Å². The second-order valence-corrected chi connectivity index (χ2v) is 7.84. The molecule has 2 amide bonds. The number of carbonyl (C=O) groups excluding carboxylic acids is 2. The van der Waals surface area contributed by atoms with Crippen LogP contribution in [0.1, 0.15) is 47.4 Å². The molecule has 8 nitrogen and oxygen atoms in total. The van der Waals surface area contributed by atoms with Crippen LogP contribution in [0.3, 0.4) is 0 Å². The fourth-order valence-electron chi connectivity index (χ4n) is 3.37. The molecule has 2 N–H and O–H groups in total. The van der Waals surface area contributed by atoms with Gasteiger partial charge in [0.15, 0.2) is 0 Å². The van der Waals surface area contributed by atoms with Crippen LogP contribution in [-0.4, -0.2) is 35.9 Å². The van der Waals surface area contributed by atoms with Crippen molar-refractivity contribution >= 4 is 40.5 Å². The molecular weight excluding hydrogens is 408 g/mol. The summed E-state index contributed by atoms with van der Waals surface area (Å²) in [5.41, 5.74) is 1.67. The predicted molar refractivity (Wildman–Crippen MR) is 117 cm³/mol. The molecule has 0 spiro atoms. The van der Waals surface area contributed by atoms with Gasteiger partial charge in [0.1, 0.15) is 0 Å². The Labute approximate surface area is 179 Å². The summed E-state index contributed by atoms with van der Waals surface area (Å²) in [4.78, 5) is 37.8. The third-order valence-electron chi connectivity index (χ3n) is 4.77. The SMILES string of the molecule is CC(C)NC(=O)c1cc(NC(=O)c2ccc([N+](=O)[O-])cc2Cl)ccc1N1CCCC1. The smallest absolute Gasteiger partial charge is 0.270 e. The maximum absolute atomic E-state index is 12.8. The van der Waals surface area contributed by atoms with Crippen molar-refractivity contribution in [1.82, 2.24) is 5.32 Å². The highest BCUT2D eigenvalue weighted by molar-refractivity contribution is 6.34. The highest BCUT2D eigenvalue weighted by atomic mass is 35.5. The largest absolute Gasteiger partial charge is 0.371 e. The Kier molecular flexibility index (Phi) is 6.56. The van der Waals surface area contributed by atoms with Crippen LogP contribution in [0.4, 0.5) is 17.1 Å². The lowest BCUT2D eigenvalue weighted by atomic mass is 10.1. The molecule has 1 aliphatic rings. The van der Waals surface area contributed by atoms with E-state index in [1.807, 2.05) is 19.9 Å². The van der Waals surface area contributed by atoms with Gasteiger partial charge in [-0.25, -0.2) is 0 Å². The van der Waals surface area contributed by atoms with E-state index in [0.717, 1.165) is 37.7 Å². The van der Waals surface area contributed by atoms with Gasteiger partial charge in [-0.15, -0.1) is 0 Å². The molecule has 3 rings (SSSR count). The maximum Gasteiger partial charge on any atom is 0.270 e. The minimum absolute atomic E-state index is 0.0202. The number of nitrogens with zero attached hydrogens (tertiary/aromatic N) is 2. The molecule has 0 atom stereocenters. The van der Waals surface area contributed by atoms with Gasteiger partial charge in [-0.05, 0) is 51.0 Å². The minimum Gasteiger partial charge on any atom is -0.371 e. The molecule has 0 aromatic heterocycles. The second kappa shape index (κ2) is 9.13. The lowest BCUT2D eigenvalue weighted by Crippen LogP contribution is -2.32. The molecule has 2 aromatic rings. The molecule has 158 valence electrons. The fourth-order valence-corrected chi connectivity index (χ4v) is 3.63. The van der Waals surface area contributed by atoms with Gasteiger partial charge in [0.25, 0.3) is 17.5 Å². The maximum atomic E-state index is 12.8. The molecule has 1 fully saturated rings. The Morgan fingerprint density at radius 2 is 1.77 bits per heavy atom. The van der Waals surface area contributed by atoms with Crippen LogP contribution in [0.25, 0.3) is 0 Å². The molecule has 0 aliphatic carbocycles. The van der Waals surface area contributed by atoms with Gasteiger partial charge in [0, 0.05) is 42.6 Å². The number of carbonyl (C=O) groups is 2. The van der Waals surface area contributed by atoms with Crippen molar-refractivity contribution in [2.75, 3.05) is 23.3 Å². The Morgan fingerprint density at radius 1 is 1.07 bits per heavy atom. The summed E-state index contributed by atoms with van der Waals surface area (Å²) < 4.78 is 0. The number of hydrogen-bond donors (Lipinski definition) is 2. The Bertz CT molecular complexity index is 987. The van der Waals surface area contributed by atoms with E-state index in [-0.39, 0.29) is 28.2 Å². The van der Waals surface area contributed by atoms with Gasteiger partial charge < -0.3 is 15.5 Å². The Morgan fingerprint density at radius 3 is 2.37 bits per heavy atom. The third kappa shape index (κ3) is 4.88. The number of rotatable bonds is 6. The normalized spacial score (nSPS) is 13.4. The molecule has 0 bridgehead atoms. The van der Waals surface area contributed by atoms with E-state index in [1.54, 1.807) is 12.1 Å². The van der Waals surface area contributed by atoms with Gasteiger partial charge in [-0.2, -0.15) is 0 Å². The highest BCUT2D eigenvalue weighted by Crippen LogP contribution is 2.29. The zero-order valence-corrected chi connectivity index (χ0v) is 17.5.